The van der Waals surface area contributed by atoms with E-state index in [-0.39, 0.29) is 0 Å². The molecule has 6 heteroatoms. The number of nitrogens with zero attached hydrogens (tertiary/aromatic N) is 2. The van der Waals surface area contributed by atoms with Crippen LogP contribution in [-0.2, 0) is 9.59 Å². The number of amides is 2. The Balaban J connectivity index is 1.59. The molecule has 0 aromatic heterocycles. The molecule has 1 fully saturated rings. The van der Waals surface area contributed by atoms with Gasteiger partial charge in [0.2, 0.25) is 0 Å². The predicted octanol–water partition coefficient (Wildman–Crippen LogP) is 2.17. The molecule has 1 aliphatic rings. The number of carbonyl (C=O) groups is 2. The van der Waals surface area contributed by atoms with E-state index in [0.717, 1.165) is 11.3 Å². The van der Waals surface area contributed by atoms with Crippen LogP contribution in [0, 0.1) is 13.8 Å². The van der Waals surface area contributed by atoms with E-state index in [2.05, 4.69) is 35.3 Å². The van der Waals surface area contributed by atoms with Gasteiger partial charge < -0.3 is 20.9 Å². The highest BCUT2D eigenvalue weighted by Gasteiger charge is 2.26. The van der Waals surface area contributed by atoms with E-state index in [1.807, 2.05) is 19.1 Å². The van der Waals surface area contributed by atoms with E-state index in [4.69, 9.17) is 5.73 Å². The Hall–Kier alpha value is -3.02. The number of nitrogens with two attached hydrogens (primary N) is 1. The molecule has 3 N–H and O–H groups in total. The summed E-state index contributed by atoms with van der Waals surface area (Å²) in [5.41, 5.74) is 10.1. The highest BCUT2D eigenvalue weighted by Crippen LogP contribution is 2.20. The van der Waals surface area contributed by atoms with Crippen LogP contribution >= 0.6 is 0 Å². The summed E-state index contributed by atoms with van der Waals surface area (Å²) < 4.78 is 0. The molecule has 2 aromatic rings. The Morgan fingerprint density at radius 3 is 2.35 bits per heavy atom. The van der Waals surface area contributed by atoms with Crippen LogP contribution in [0.2, 0.25) is 0 Å². The minimum absolute atomic E-state index is 0.445. The molecule has 0 saturated carbocycles. The van der Waals surface area contributed by atoms with Crippen molar-refractivity contribution in [1.29, 1.82) is 0 Å². The lowest BCUT2D eigenvalue weighted by molar-refractivity contribution is -0.143. The Morgan fingerprint density at radius 2 is 1.65 bits per heavy atom. The van der Waals surface area contributed by atoms with Crippen LogP contribution in [0.5, 0.6) is 0 Å². The van der Waals surface area contributed by atoms with Gasteiger partial charge in [-0.3, -0.25) is 9.59 Å². The molecule has 0 radical (unpaired) electrons. The molecule has 6 nitrogen and oxygen atoms in total. The SMILES string of the molecule is Cc1cccc(N2CCN(C(=O)C(=O)Nc3cc(C)ccc3N)CC2)c1. The Labute approximate surface area is 153 Å². The summed E-state index contributed by atoms with van der Waals surface area (Å²) in [6.45, 7) is 6.41. The quantitative estimate of drug-likeness (QED) is 0.641. The van der Waals surface area contributed by atoms with Crippen molar-refractivity contribution < 1.29 is 9.59 Å². The second-order valence-corrected chi connectivity index (χ2v) is 6.66. The molecule has 1 saturated heterocycles. The number of nitrogen functional groups attached to an aromatic ring is 1. The first-order valence-corrected chi connectivity index (χ1v) is 8.72. The largest absolute Gasteiger partial charge is 0.397 e. The highest BCUT2D eigenvalue weighted by atomic mass is 16.2. The summed E-state index contributed by atoms with van der Waals surface area (Å²) in [7, 11) is 0. The maximum Gasteiger partial charge on any atom is 0.313 e. The summed E-state index contributed by atoms with van der Waals surface area (Å²) >= 11 is 0. The van der Waals surface area contributed by atoms with Crippen molar-refractivity contribution in [3.63, 3.8) is 0 Å². The number of anilines is 3. The Bertz CT molecular complexity index is 826. The van der Waals surface area contributed by atoms with Crippen LogP contribution in [0.25, 0.3) is 0 Å². The summed E-state index contributed by atoms with van der Waals surface area (Å²) in [6, 6.07) is 13.6. The van der Waals surface area contributed by atoms with E-state index in [1.54, 1.807) is 17.0 Å². The van der Waals surface area contributed by atoms with Gasteiger partial charge in [-0.2, -0.15) is 0 Å². The number of benzene rings is 2. The van der Waals surface area contributed by atoms with Gasteiger partial charge in [-0.15, -0.1) is 0 Å². The molecule has 0 bridgehead atoms. The van der Waals surface area contributed by atoms with Crippen molar-refractivity contribution in [2.24, 2.45) is 0 Å². The van der Waals surface area contributed by atoms with Gasteiger partial charge in [0.1, 0.15) is 0 Å². The average molecular weight is 352 g/mol. The second kappa shape index (κ2) is 7.47. The number of nitrogens with one attached hydrogen (secondary N) is 1. The Morgan fingerprint density at radius 1 is 0.962 bits per heavy atom. The fourth-order valence-corrected chi connectivity index (χ4v) is 3.09. The summed E-state index contributed by atoms with van der Waals surface area (Å²) in [5.74, 6) is -1.17. The Kier molecular flexibility index (Phi) is 5.11. The topological polar surface area (TPSA) is 78.7 Å². The molecule has 136 valence electrons. The second-order valence-electron chi connectivity index (χ2n) is 6.66. The van der Waals surface area contributed by atoms with Crippen LogP contribution in [0.4, 0.5) is 17.1 Å². The van der Waals surface area contributed by atoms with Crippen molar-refractivity contribution in [3.8, 4) is 0 Å². The van der Waals surface area contributed by atoms with Gasteiger partial charge in [0.25, 0.3) is 0 Å². The molecule has 0 aliphatic carbocycles. The lowest BCUT2D eigenvalue weighted by Gasteiger charge is -2.35. The van der Waals surface area contributed by atoms with Crippen LogP contribution < -0.4 is 16.0 Å². The predicted molar refractivity (Wildman–Crippen MR) is 104 cm³/mol. The molecule has 3 rings (SSSR count). The molecule has 0 unspecified atom stereocenters. The molecule has 1 aliphatic heterocycles. The van der Waals surface area contributed by atoms with Gasteiger partial charge in [0, 0.05) is 31.9 Å². The normalized spacial score (nSPS) is 14.2. The smallest absolute Gasteiger partial charge is 0.313 e. The summed E-state index contributed by atoms with van der Waals surface area (Å²) in [5, 5.41) is 2.63. The van der Waals surface area contributed by atoms with Crippen molar-refractivity contribution in [3.05, 3.63) is 53.6 Å². The molecule has 2 aromatic carbocycles. The maximum absolute atomic E-state index is 12.5. The summed E-state index contributed by atoms with van der Waals surface area (Å²) in [4.78, 5) is 28.6. The number of carbonyl (C=O) groups excluding carboxylic acids is 2. The van der Waals surface area contributed by atoms with Crippen molar-refractivity contribution >= 4 is 28.9 Å². The van der Waals surface area contributed by atoms with E-state index < -0.39 is 11.8 Å². The first kappa shape index (κ1) is 17.8. The van der Waals surface area contributed by atoms with Gasteiger partial charge in [0.15, 0.2) is 0 Å². The molecular weight excluding hydrogens is 328 g/mol. The number of hydrogen-bond donors (Lipinski definition) is 2. The third-order valence-electron chi connectivity index (χ3n) is 4.58. The van der Waals surface area contributed by atoms with Crippen LogP contribution in [0.3, 0.4) is 0 Å². The zero-order valence-electron chi connectivity index (χ0n) is 15.2. The van der Waals surface area contributed by atoms with Crippen LogP contribution in [0.1, 0.15) is 11.1 Å². The minimum Gasteiger partial charge on any atom is -0.397 e. The fraction of sp³-hybridized carbons (Fsp3) is 0.300. The van der Waals surface area contributed by atoms with E-state index >= 15 is 0 Å². The average Bonchev–Trinajstić information content (AvgIpc) is 2.64. The van der Waals surface area contributed by atoms with E-state index in [9.17, 15) is 9.59 Å². The molecule has 0 spiro atoms. The maximum atomic E-state index is 12.5. The van der Waals surface area contributed by atoms with Crippen molar-refractivity contribution in [2.45, 2.75) is 13.8 Å². The minimum atomic E-state index is -0.647. The van der Waals surface area contributed by atoms with E-state index in [0.29, 0.717) is 37.6 Å². The highest BCUT2D eigenvalue weighted by molar-refractivity contribution is 6.39. The van der Waals surface area contributed by atoms with Crippen molar-refractivity contribution in [1.82, 2.24) is 4.90 Å². The molecule has 26 heavy (non-hydrogen) atoms. The van der Waals surface area contributed by atoms with Gasteiger partial charge in [0.05, 0.1) is 11.4 Å². The number of hydrogen-bond acceptors (Lipinski definition) is 4. The van der Waals surface area contributed by atoms with Gasteiger partial charge in [-0.1, -0.05) is 18.2 Å². The number of piperazine rings is 1. The third-order valence-corrected chi connectivity index (χ3v) is 4.58. The third kappa shape index (κ3) is 3.96. The molecule has 0 atom stereocenters. The van der Waals surface area contributed by atoms with Crippen LogP contribution in [0.15, 0.2) is 42.5 Å². The molecule has 1 heterocycles. The van der Waals surface area contributed by atoms with Gasteiger partial charge in [-0.05, 0) is 49.2 Å². The first-order valence-electron chi connectivity index (χ1n) is 8.72. The lowest BCUT2D eigenvalue weighted by Crippen LogP contribution is -2.51. The van der Waals surface area contributed by atoms with E-state index in [1.165, 1.54) is 5.56 Å². The number of aryl methyl sites for hydroxylation is 2. The van der Waals surface area contributed by atoms with Gasteiger partial charge in [-0.25, -0.2) is 0 Å². The monoisotopic (exact) mass is 352 g/mol. The lowest BCUT2D eigenvalue weighted by atomic mass is 10.2. The van der Waals surface area contributed by atoms with Crippen molar-refractivity contribution in [2.75, 3.05) is 42.1 Å². The fourth-order valence-electron chi connectivity index (χ4n) is 3.09. The summed E-state index contributed by atoms with van der Waals surface area (Å²) in [6.07, 6.45) is 0. The standard InChI is InChI=1S/C20H24N4O2/c1-14-4-3-5-16(12-14)23-8-10-24(11-9-23)20(26)19(25)22-18-13-15(2)6-7-17(18)21/h3-7,12-13H,8-11,21H2,1-2H3,(H,22,25). The number of rotatable bonds is 2. The first-order chi connectivity index (χ1) is 12.4. The zero-order valence-corrected chi connectivity index (χ0v) is 15.2. The van der Waals surface area contributed by atoms with Gasteiger partial charge >= 0.3 is 11.8 Å². The molecular formula is C20H24N4O2. The van der Waals surface area contributed by atoms with Crippen LogP contribution in [-0.4, -0.2) is 42.9 Å². The zero-order chi connectivity index (χ0) is 18.7. The molecule has 2 amide bonds.